The number of benzene rings is 2. The fraction of sp³-hybridized carbons (Fsp3) is 0.333. The predicted molar refractivity (Wildman–Crippen MR) is 139 cm³/mol. The molecule has 1 heterocycles. The van der Waals surface area contributed by atoms with Crippen LogP contribution in [0.25, 0.3) is 5.69 Å². The summed E-state index contributed by atoms with van der Waals surface area (Å²) in [6.45, 7) is 5.34. The molecule has 0 radical (unpaired) electrons. The van der Waals surface area contributed by atoms with E-state index in [1.165, 1.54) is 16.7 Å². The summed E-state index contributed by atoms with van der Waals surface area (Å²) in [6.07, 6.45) is 4.67. The molecule has 3 rings (SSSR count). The third-order valence-electron chi connectivity index (χ3n) is 4.77. The number of guanidine groups is 1. The highest BCUT2D eigenvalue weighted by Crippen LogP contribution is 2.12. The first-order valence-corrected chi connectivity index (χ1v) is 10.5. The van der Waals surface area contributed by atoms with E-state index in [4.69, 9.17) is 4.99 Å². The van der Waals surface area contributed by atoms with Gasteiger partial charge in [0.15, 0.2) is 5.96 Å². The van der Waals surface area contributed by atoms with E-state index in [-0.39, 0.29) is 24.0 Å². The number of hydrogen-bond donors (Lipinski definition) is 2. The topological polar surface area (TPSA) is 57.5 Å². The van der Waals surface area contributed by atoms with Crippen LogP contribution in [0.5, 0.6) is 0 Å². The SMILES string of the molecule is CCNC(=NCc1ccccc1CN(C)C)NCCc1ccc(-n2cccn2)cc1.I. The van der Waals surface area contributed by atoms with E-state index >= 15 is 0 Å². The van der Waals surface area contributed by atoms with Gasteiger partial charge in [-0.2, -0.15) is 5.10 Å². The van der Waals surface area contributed by atoms with Gasteiger partial charge in [-0.3, -0.25) is 0 Å². The molecule has 0 atom stereocenters. The molecule has 7 heteroatoms. The van der Waals surface area contributed by atoms with Gasteiger partial charge in [0.25, 0.3) is 0 Å². The number of halogens is 1. The maximum absolute atomic E-state index is 4.80. The van der Waals surface area contributed by atoms with E-state index in [1.54, 1.807) is 6.20 Å². The Bertz CT molecular complexity index is 920. The molecular formula is C24H33IN6. The Morgan fingerprint density at radius 2 is 1.74 bits per heavy atom. The van der Waals surface area contributed by atoms with Gasteiger partial charge in [0, 0.05) is 32.0 Å². The molecule has 0 saturated carbocycles. The molecule has 31 heavy (non-hydrogen) atoms. The zero-order chi connectivity index (χ0) is 21.2. The first-order chi connectivity index (χ1) is 14.7. The third kappa shape index (κ3) is 7.99. The van der Waals surface area contributed by atoms with Gasteiger partial charge >= 0.3 is 0 Å². The molecule has 6 nitrogen and oxygen atoms in total. The lowest BCUT2D eigenvalue weighted by atomic mass is 10.1. The zero-order valence-electron chi connectivity index (χ0n) is 18.6. The van der Waals surface area contributed by atoms with Crippen LogP contribution < -0.4 is 10.6 Å². The predicted octanol–water partition coefficient (Wildman–Crippen LogP) is 3.85. The molecule has 0 spiro atoms. The van der Waals surface area contributed by atoms with Crippen LogP contribution in [-0.4, -0.2) is 47.8 Å². The average molecular weight is 532 g/mol. The minimum atomic E-state index is 0. The van der Waals surface area contributed by atoms with Crippen LogP contribution in [0.4, 0.5) is 0 Å². The molecule has 3 aromatic rings. The second-order valence-corrected chi connectivity index (χ2v) is 7.50. The van der Waals surface area contributed by atoms with Crippen molar-refractivity contribution in [3.8, 4) is 5.69 Å². The summed E-state index contributed by atoms with van der Waals surface area (Å²) in [5.41, 5.74) is 4.94. The molecule has 0 bridgehead atoms. The number of rotatable bonds is 9. The summed E-state index contributed by atoms with van der Waals surface area (Å²) in [6, 6.07) is 18.9. The smallest absolute Gasteiger partial charge is 0.191 e. The normalized spacial score (nSPS) is 11.3. The first kappa shape index (κ1) is 24.9. The first-order valence-electron chi connectivity index (χ1n) is 10.5. The van der Waals surface area contributed by atoms with Crippen LogP contribution in [0.3, 0.4) is 0 Å². The summed E-state index contributed by atoms with van der Waals surface area (Å²) in [5, 5.41) is 11.1. The minimum absolute atomic E-state index is 0. The summed E-state index contributed by atoms with van der Waals surface area (Å²) in [4.78, 5) is 6.98. The maximum Gasteiger partial charge on any atom is 0.191 e. The summed E-state index contributed by atoms with van der Waals surface area (Å²) in [7, 11) is 4.18. The van der Waals surface area contributed by atoms with Crippen LogP contribution in [0, 0.1) is 0 Å². The highest BCUT2D eigenvalue weighted by Gasteiger charge is 2.04. The van der Waals surface area contributed by atoms with Gasteiger partial charge in [-0.25, -0.2) is 9.67 Å². The Hall–Kier alpha value is -2.39. The Balaban J connectivity index is 0.00000341. The summed E-state index contributed by atoms with van der Waals surface area (Å²) >= 11 is 0. The Labute approximate surface area is 202 Å². The number of aromatic nitrogens is 2. The van der Waals surface area contributed by atoms with E-state index in [1.807, 2.05) is 16.9 Å². The van der Waals surface area contributed by atoms with Crippen molar-refractivity contribution >= 4 is 29.9 Å². The highest BCUT2D eigenvalue weighted by molar-refractivity contribution is 14.0. The molecule has 2 N–H and O–H groups in total. The van der Waals surface area contributed by atoms with E-state index in [2.05, 4.69) is 90.2 Å². The fourth-order valence-corrected chi connectivity index (χ4v) is 3.27. The standard InChI is InChI=1S/C24H32N6.HI/c1-4-25-24(27-18-21-8-5-6-9-22(21)19-29(2)3)26-16-14-20-10-12-23(13-11-20)30-17-7-15-28-30;/h5-13,15,17H,4,14,16,18-19H2,1-3H3,(H2,25,26,27);1H. The minimum Gasteiger partial charge on any atom is -0.357 e. The van der Waals surface area contributed by atoms with Gasteiger partial charge in [0.05, 0.1) is 12.2 Å². The van der Waals surface area contributed by atoms with Crippen molar-refractivity contribution in [1.82, 2.24) is 25.3 Å². The highest BCUT2D eigenvalue weighted by atomic mass is 127. The molecule has 0 aliphatic rings. The molecular weight excluding hydrogens is 499 g/mol. The Morgan fingerprint density at radius 1 is 1.00 bits per heavy atom. The Kier molecular flexibility index (Phi) is 10.5. The van der Waals surface area contributed by atoms with E-state index in [0.717, 1.165) is 37.7 Å². The van der Waals surface area contributed by atoms with E-state index < -0.39 is 0 Å². The number of nitrogens with one attached hydrogen (secondary N) is 2. The lowest BCUT2D eigenvalue weighted by molar-refractivity contribution is 0.401. The third-order valence-corrected chi connectivity index (χ3v) is 4.77. The van der Waals surface area contributed by atoms with Crippen molar-refractivity contribution in [2.75, 3.05) is 27.2 Å². The molecule has 0 aliphatic heterocycles. The average Bonchev–Trinajstić information content (AvgIpc) is 3.28. The van der Waals surface area contributed by atoms with E-state index in [9.17, 15) is 0 Å². The maximum atomic E-state index is 4.80. The largest absolute Gasteiger partial charge is 0.357 e. The molecule has 0 unspecified atom stereocenters. The van der Waals surface area contributed by atoms with Crippen LogP contribution in [-0.2, 0) is 19.5 Å². The van der Waals surface area contributed by atoms with Crippen LogP contribution in [0.2, 0.25) is 0 Å². The number of aliphatic imine (C=N–C) groups is 1. The quantitative estimate of drug-likeness (QED) is 0.250. The van der Waals surface area contributed by atoms with Gasteiger partial charge < -0.3 is 15.5 Å². The molecule has 0 saturated heterocycles. The van der Waals surface area contributed by atoms with Crippen LogP contribution >= 0.6 is 24.0 Å². The van der Waals surface area contributed by atoms with Crippen molar-refractivity contribution in [2.24, 2.45) is 4.99 Å². The number of nitrogens with zero attached hydrogens (tertiary/aromatic N) is 4. The number of hydrogen-bond acceptors (Lipinski definition) is 3. The molecule has 2 aromatic carbocycles. The van der Waals surface area contributed by atoms with Gasteiger partial charge in [0.1, 0.15) is 0 Å². The molecule has 1 aromatic heterocycles. The van der Waals surface area contributed by atoms with E-state index in [0.29, 0.717) is 6.54 Å². The van der Waals surface area contributed by atoms with Crippen molar-refractivity contribution in [1.29, 1.82) is 0 Å². The van der Waals surface area contributed by atoms with Crippen molar-refractivity contribution < 1.29 is 0 Å². The molecule has 0 amide bonds. The second kappa shape index (κ2) is 13.1. The van der Waals surface area contributed by atoms with Gasteiger partial charge in [0.2, 0.25) is 0 Å². The molecule has 0 fully saturated rings. The monoisotopic (exact) mass is 532 g/mol. The molecule has 0 aliphatic carbocycles. The Morgan fingerprint density at radius 3 is 2.39 bits per heavy atom. The van der Waals surface area contributed by atoms with Crippen molar-refractivity contribution in [2.45, 2.75) is 26.4 Å². The lowest BCUT2D eigenvalue weighted by Crippen LogP contribution is -2.38. The van der Waals surface area contributed by atoms with Crippen LogP contribution in [0.15, 0.2) is 72.0 Å². The molecule has 166 valence electrons. The summed E-state index contributed by atoms with van der Waals surface area (Å²) < 4.78 is 1.87. The fourth-order valence-electron chi connectivity index (χ4n) is 3.27. The summed E-state index contributed by atoms with van der Waals surface area (Å²) in [5.74, 6) is 0.852. The van der Waals surface area contributed by atoms with Crippen molar-refractivity contribution in [3.05, 3.63) is 83.7 Å². The zero-order valence-corrected chi connectivity index (χ0v) is 20.9. The van der Waals surface area contributed by atoms with Gasteiger partial charge in [-0.1, -0.05) is 36.4 Å². The lowest BCUT2D eigenvalue weighted by Gasteiger charge is -2.14. The second-order valence-electron chi connectivity index (χ2n) is 7.50. The van der Waals surface area contributed by atoms with Gasteiger partial charge in [-0.15, -0.1) is 24.0 Å². The van der Waals surface area contributed by atoms with Crippen LogP contribution in [0.1, 0.15) is 23.6 Å². The van der Waals surface area contributed by atoms with Gasteiger partial charge in [-0.05, 0) is 62.3 Å². The van der Waals surface area contributed by atoms with Crippen molar-refractivity contribution in [3.63, 3.8) is 0 Å².